The molecule has 0 aromatic heterocycles. The maximum atomic E-state index is 11.9. The van der Waals surface area contributed by atoms with Gasteiger partial charge in [0.05, 0.1) is 12.1 Å². The molecule has 0 bridgehead atoms. The van der Waals surface area contributed by atoms with Gasteiger partial charge in [0.15, 0.2) is 0 Å². The number of amides is 2. The summed E-state index contributed by atoms with van der Waals surface area (Å²) in [6.07, 6.45) is 1.81. The number of nitrogens with one attached hydrogen (secondary N) is 1. The quantitative estimate of drug-likeness (QED) is 0.820. The van der Waals surface area contributed by atoms with Crippen molar-refractivity contribution in [2.45, 2.75) is 11.3 Å². The van der Waals surface area contributed by atoms with Crippen molar-refractivity contribution in [3.05, 3.63) is 23.2 Å². The Labute approximate surface area is 120 Å². The van der Waals surface area contributed by atoms with Gasteiger partial charge in [-0.3, -0.25) is 4.79 Å². The number of carbonyl (C=O) groups is 2. The molecule has 1 rings (SSSR count). The summed E-state index contributed by atoms with van der Waals surface area (Å²) in [6, 6.07) is 4.87. The van der Waals surface area contributed by atoms with Gasteiger partial charge in [-0.05, 0) is 24.5 Å². The van der Waals surface area contributed by atoms with Crippen molar-refractivity contribution in [3.8, 4) is 0 Å². The molecule has 0 saturated heterocycles. The number of hydrogen-bond donors (Lipinski definition) is 2. The van der Waals surface area contributed by atoms with Crippen LogP contribution in [0.4, 0.5) is 10.5 Å². The van der Waals surface area contributed by atoms with Crippen LogP contribution in [0.1, 0.15) is 6.42 Å². The molecule has 0 fully saturated rings. The molecule has 0 aliphatic carbocycles. The second kappa shape index (κ2) is 7.25. The molecule has 0 heterocycles. The first kappa shape index (κ1) is 15.7. The Hall–Kier alpha value is -1.40. The van der Waals surface area contributed by atoms with Gasteiger partial charge in [0.2, 0.25) is 0 Å². The zero-order chi connectivity index (χ0) is 14.4. The van der Waals surface area contributed by atoms with E-state index in [0.717, 1.165) is 4.90 Å². The lowest BCUT2D eigenvalue weighted by Crippen LogP contribution is -2.33. The average Bonchev–Trinajstić information content (AvgIpc) is 2.36. The molecule has 19 heavy (non-hydrogen) atoms. The zero-order valence-corrected chi connectivity index (χ0v) is 12.2. The summed E-state index contributed by atoms with van der Waals surface area (Å²) in [5, 5.41) is 11.8. The van der Waals surface area contributed by atoms with E-state index in [4.69, 9.17) is 16.7 Å². The fourth-order valence-corrected chi connectivity index (χ4v) is 2.06. The van der Waals surface area contributed by atoms with Crippen LogP contribution in [-0.2, 0) is 4.79 Å². The topological polar surface area (TPSA) is 69.6 Å². The van der Waals surface area contributed by atoms with Crippen LogP contribution in [0.2, 0.25) is 5.02 Å². The van der Waals surface area contributed by atoms with Gasteiger partial charge < -0.3 is 15.3 Å². The smallest absolute Gasteiger partial charge is 0.321 e. The number of anilines is 1. The van der Waals surface area contributed by atoms with Gasteiger partial charge in [0.25, 0.3) is 0 Å². The molecule has 7 heteroatoms. The monoisotopic (exact) mass is 302 g/mol. The highest BCUT2D eigenvalue weighted by molar-refractivity contribution is 7.98. The van der Waals surface area contributed by atoms with Crippen molar-refractivity contribution in [2.24, 2.45) is 0 Å². The Morgan fingerprint density at radius 1 is 1.47 bits per heavy atom. The number of thioether (sulfide) groups is 1. The summed E-state index contributed by atoms with van der Waals surface area (Å²) in [7, 11) is 1.54. The average molecular weight is 303 g/mol. The number of carboxylic acids is 1. The van der Waals surface area contributed by atoms with Crippen LogP contribution < -0.4 is 5.32 Å². The molecular formula is C12H15ClN2O3S. The lowest BCUT2D eigenvalue weighted by Gasteiger charge is -2.18. The standard InChI is InChI=1S/C12H15ClN2O3S/c1-15(6-5-11(16)17)12(18)14-9-7-8(13)3-4-10(9)19-2/h3-4,7H,5-6H2,1-2H3,(H,14,18)(H,16,17). The van der Waals surface area contributed by atoms with Gasteiger partial charge in [0.1, 0.15) is 0 Å². The van der Waals surface area contributed by atoms with Gasteiger partial charge in [-0.2, -0.15) is 0 Å². The zero-order valence-electron chi connectivity index (χ0n) is 10.6. The van der Waals surface area contributed by atoms with Crippen LogP contribution in [0.15, 0.2) is 23.1 Å². The number of aliphatic carboxylic acids is 1. The van der Waals surface area contributed by atoms with Crippen LogP contribution in [0, 0.1) is 0 Å². The third-order valence-corrected chi connectivity index (χ3v) is 3.44. The third kappa shape index (κ3) is 5.00. The predicted octanol–water partition coefficient (Wildman–Crippen LogP) is 3.00. The van der Waals surface area contributed by atoms with Crippen molar-refractivity contribution >= 4 is 41.1 Å². The predicted molar refractivity (Wildman–Crippen MR) is 77.1 cm³/mol. The van der Waals surface area contributed by atoms with Crippen molar-refractivity contribution in [1.82, 2.24) is 4.90 Å². The van der Waals surface area contributed by atoms with E-state index in [1.807, 2.05) is 12.3 Å². The fourth-order valence-electron chi connectivity index (χ4n) is 1.35. The molecule has 0 atom stereocenters. The van der Waals surface area contributed by atoms with Gasteiger partial charge in [-0.1, -0.05) is 11.6 Å². The third-order valence-electron chi connectivity index (χ3n) is 2.41. The van der Waals surface area contributed by atoms with Crippen molar-refractivity contribution in [3.63, 3.8) is 0 Å². The Morgan fingerprint density at radius 2 is 2.16 bits per heavy atom. The number of urea groups is 1. The molecule has 0 spiro atoms. The van der Waals surface area contributed by atoms with Crippen molar-refractivity contribution in [2.75, 3.05) is 25.2 Å². The molecule has 0 radical (unpaired) electrons. The minimum Gasteiger partial charge on any atom is -0.481 e. The number of nitrogens with zero attached hydrogens (tertiary/aromatic N) is 1. The molecule has 0 saturated carbocycles. The van der Waals surface area contributed by atoms with E-state index in [0.29, 0.717) is 10.7 Å². The van der Waals surface area contributed by atoms with Crippen molar-refractivity contribution in [1.29, 1.82) is 0 Å². The lowest BCUT2D eigenvalue weighted by molar-refractivity contribution is -0.137. The van der Waals surface area contributed by atoms with Crippen LogP contribution in [0.5, 0.6) is 0 Å². The summed E-state index contributed by atoms with van der Waals surface area (Å²) in [5.41, 5.74) is 0.618. The fraction of sp³-hybridized carbons (Fsp3) is 0.333. The van der Waals surface area contributed by atoms with Crippen LogP contribution in [-0.4, -0.2) is 41.9 Å². The Kier molecular flexibility index (Phi) is 5.98. The van der Waals surface area contributed by atoms with E-state index in [1.54, 1.807) is 19.2 Å². The van der Waals surface area contributed by atoms with E-state index in [9.17, 15) is 9.59 Å². The van der Waals surface area contributed by atoms with Gasteiger partial charge in [0, 0.05) is 23.5 Å². The van der Waals surface area contributed by atoms with Gasteiger partial charge in [-0.25, -0.2) is 4.79 Å². The number of carbonyl (C=O) groups excluding carboxylic acids is 1. The Balaban J connectivity index is 2.70. The SMILES string of the molecule is CSc1ccc(Cl)cc1NC(=O)N(C)CCC(=O)O. The van der Waals surface area contributed by atoms with Crippen LogP contribution >= 0.6 is 23.4 Å². The molecule has 0 aliphatic rings. The highest BCUT2D eigenvalue weighted by atomic mass is 35.5. The van der Waals surface area contributed by atoms with Gasteiger partial charge in [-0.15, -0.1) is 11.8 Å². The highest BCUT2D eigenvalue weighted by Gasteiger charge is 2.12. The maximum absolute atomic E-state index is 11.9. The minimum absolute atomic E-state index is 0.0884. The first-order chi connectivity index (χ1) is 8.93. The largest absolute Gasteiger partial charge is 0.481 e. The number of halogens is 1. The normalized spacial score (nSPS) is 10.1. The molecule has 5 nitrogen and oxygen atoms in total. The van der Waals surface area contributed by atoms with E-state index < -0.39 is 5.97 Å². The molecule has 1 aromatic rings. The van der Waals surface area contributed by atoms with E-state index >= 15 is 0 Å². The first-order valence-electron chi connectivity index (χ1n) is 5.51. The molecule has 0 aliphatic heterocycles. The van der Waals surface area contributed by atoms with E-state index in [1.165, 1.54) is 16.7 Å². The van der Waals surface area contributed by atoms with Crippen LogP contribution in [0.3, 0.4) is 0 Å². The summed E-state index contributed by atoms with van der Waals surface area (Å²) in [5.74, 6) is -0.938. The number of benzene rings is 1. The molecule has 2 amide bonds. The molecule has 2 N–H and O–H groups in total. The lowest BCUT2D eigenvalue weighted by atomic mass is 10.3. The van der Waals surface area contributed by atoms with E-state index in [-0.39, 0.29) is 19.0 Å². The minimum atomic E-state index is -0.938. The summed E-state index contributed by atoms with van der Waals surface area (Å²) < 4.78 is 0. The number of rotatable bonds is 5. The summed E-state index contributed by atoms with van der Waals surface area (Å²) in [6.45, 7) is 0.149. The first-order valence-corrected chi connectivity index (χ1v) is 7.11. The maximum Gasteiger partial charge on any atom is 0.321 e. The molecule has 0 unspecified atom stereocenters. The Morgan fingerprint density at radius 3 is 2.74 bits per heavy atom. The second-order valence-corrected chi connectivity index (χ2v) is 5.12. The van der Waals surface area contributed by atoms with Crippen LogP contribution in [0.25, 0.3) is 0 Å². The number of hydrogen-bond acceptors (Lipinski definition) is 3. The van der Waals surface area contributed by atoms with Gasteiger partial charge >= 0.3 is 12.0 Å². The molecular weight excluding hydrogens is 288 g/mol. The highest BCUT2D eigenvalue weighted by Crippen LogP contribution is 2.28. The number of carboxylic acid groups (broad SMARTS) is 1. The molecule has 1 aromatic carbocycles. The van der Waals surface area contributed by atoms with E-state index in [2.05, 4.69) is 5.32 Å². The second-order valence-electron chi connectivity index (χ2n) is 3.84. The molecule has 104 valence electrons. The van der Waals surface area contributed by atoms with Crippen molar-refractivity contribution < 1.29 is 14.7 Å². The summed E-state index contributed by atoms with van der Waals surface area (Å²) >= 11 is 7.38. The summed E-state index contributed by atoms with van der Waals surface area (Å²) in [4.78, 5) is 24.5. The Bertz CT molecular complexity index is 482.